The molecule has 0 saturated carbocycles. The molecule has 3 amide bonds. The second-order valence-electron chi connectivity index (χ2n) is 5.39. The van der Waals surface area contributed by atoms with E-state index in [4.69, 9.17) is 11.1 Å². The zero-order valence-corrected chi connectivity index (χ0v) is 11.1. The van der Waals surface area contributed by atoms with Crippen LogP contribution >= 0.6 is 0 Å². The SMILES string of the molecule is N=C(C=CN)C(=O)N1CCC2(CC1)CC(=O)NC(=O)C2. The van der Waals surface area contributed by atoms with Gasteiger partial charge in [-0.2, -0.15) is 0 Å². The number of nitrogens with two attached hydrogens (primary N) is 1. The Hall–Kier alpha value is -2.18. The Morgan fingerprint density at radius 2 is 1.80 bits per heavy atom. The van der Waals surface area contributed by atoms with Crippen molar-refractivity contribution < 1.29 is 14.4 Å². The summed E-state index contributed by atoms with van der Waals surface area (Å²) in [6.07, 6.45) is 4.30. The molecule has 0 unspecified atom stereocenters. The van der Waals surface area contributed by atoms with Gasteiger partial charge in [0.25, 0.3) is 5.91 Å². The van der Waals surface area contributed by atoms with Gasteiger partial charge < -0.3 is 10.6 Å². The summed E-state index contributed by atoms with van der Waals surface area (Å²) < 4.78 is 0. The highest BCUT2D eigenvalue weighted by molar-refractivity contribution is 6.41. The average Bonchev–Trinajstić information content (AvgIpc) is 2.37. The van der Waals surface area contributed by atoms with Gasteiger partial charge in [-0.3, -0.25) is 25.1 Å². The Morgan fingerprint density at radius 3 is 2.30 bits per heavy atom. The quantitative estimate of drug-likeness (QED) is 0.467. The third-order valence-corrected chi connectivity index (χ3v) is 3.95. The van der Waals surface area contributed by atoms with Crippen LogP contribution in [-0.2, 0) is 14.4 Å². The topological polar surface area (TPSA) is 116 Å². The first-order chi connectivity index (χ1) is 9.46. The van der Waals surface area contributed by atoms with Crippen molar-refractivity contribution in [1.29, 1.82) is 5.41 Å². The van der Waals surface area contributed by atoms with Crippen LogP contribution in [-0.4, -0.2) is 41.4 Å². The van der Waals surface area contributed by atoms with Gasteiger partial charge in [0.15, 0.2) is 0 Å². The van der Waals surface area contributed by atoms with Crippen LogP contribution in [0.5, 0.6) is 0 Å². The summed E-state index contributed by atoms with van der Waals surface area (Å²) in [7, 11) is 0. The number of likely N-dealkylation sites (tertiary alicyclic amines) is 1. The standard InChI is InChI=1S/C13H18N4O3/c14-4-1-9(15)12(20)17-5-2-13(3-6-17)7-10(18)16-11(19)8-13/h1,4,15H,2-3,5-8,14H2,(H,16,18,19). The number of nitrogens with one attached hydrogen (secondary N) is 2. The smallest absolute Gasteiger partial charge is 0.271 e. The molecule has 20 heavy (non-hydrogen) atoms. The zero-order chi connectivity index (χ0) is 14.8. The molecule has 7 heteroatoms. The van der Waals surface area contributed by atoms with Crippen molar-refractivity contribution in [2.75, 3.05) is 13.1 Å². The molecule has 7 nitrogen and oxygen atoms in total. The molecule has 0 aromatic carbocycles. The first-order valence-corrected chi connectivity index (χ1v) is 6.55. The average molecular weight is 278 g/mol. The van der Waals surface area contributed by atoms with Crippen LogP contribution in [0.1, 0.15) is 25.7 Å². The van der Waals surface area contributed by atoms with Gasteiger partial charge >= 0.3 is 0 Å². The summed E-state index contributed by atoms with van der Waals surface area (Å²) in [5, 5.41) is 9.86. The Morgan fingerprint density at radius 1 is 1.25 bits per heavy atom. The predicted octanol–water partition coefficient (Wildman–Crippen LogP) is -0.476. The van der Waals surface area contributed by atoms with Gasteiger partial charge in [-0.1, -0.05) is 0 Å². The zero-order valence-electron chi connectivity index (χ0n) is 11.1. The van der Waals surface area contributed by atoms with Gasteiger partial charge in [-0.25, -0.2) is 0 Å². The van der Waals surface area contributed by atoms with Gasteiger partial charge in [0, 0.05) is 25.9 Å². The molecule has 0 atom stereocenters. The van der Waals surface area contributed by atoms with Crippen LogP contribution in [0.25, 0.3) is 0 Å². The van der Waals surface area contributed by atoms with E-state index in [2.05, 4.69) is 5.32 Å². The highest BCUT2D eigenvalue weighted by Gasteiger charge is 2.42. The van der Waals surface area contributed by atoms with Crippen LogP contribution in [0.3, 0.4) is 0 Å². The van der Waals surface area contributed by atoms with Gasteiger partial charge in [-0.05, 0) is 30.5 Å². The van der Waals surface area contributed by atoms with Crippen LogP contribution < -0.4 is 11.1 Å². The number of rotatable bonds is 2. The molecule has 2 heterocycles. The summed E-state index contributed by atoms with van der Waals surface area (Å²) in [6, 6.07) is 0. The van der Waals surface area contributed by atoms with Gasteiger partial charge in [0.1, 0.15) is 5.71 Å². The predicted molar refractivity (Wildman–Crippen MR) is 71.7 cm³/mol. The van der Waals surface area contributed by atoms with Crippen molar-refractivity contribution >= 4 is 23.4 Å². The van der Waals surface area contributed by atoms with Crippen molar-refractivity contribution in [1.82, 2.24) is 10.2 Å². The molecule has 0 aliphatic carbocycles. The normalized spacial score (nSPS) is 22.1. The summed E-state index contributed by atoms with van der Waals surface area (Å²) in [4.78, 5) is 36.5. The maximum absolute atomic E-state index is 11.9. The maximum atomic E-state index is 11.9. The van der Waals surface area contributed by atoms with Crippen molar-refractivity contribution in [3.8, 4) is 0 Å². The molecule has 2 fully saturated rings. The van der Waals surface area contributed by atoms with E-state index in [1.165, 1.54) is 6.08 Å². The fourth-order valence-corrected chi connectivity index (χ4v) is 2.86. The summed E-state index contributed by atoms with van der Waals surface area (Å²) in [5.74, 6) is -0.840. The van der Waals surface area contributed by atoms with E-state index in [-0.39, 0.29) is 28.8 Å². The number of carbonyl (C=O) groups is 3. The van der Waals surface area contributed by atoms with Crippen LogP contribution in [0.4, 0.5) is 0 Å². The van der Waals surface area contributed by atoms with E-state index in [9.17, 15) is 14.4 Å². The van der Waals surface area contributed by atoms with Crippen molar-refractivity contribution in [2.45, 2.75) is 25.7 Å². The van der Waals surface area contributed by atoms with Crippen LogP contribution in [0, 0.1) is 10.8 Å². The molecule has 2 saturated heterocycles. The Balaban J connectivity index is 1.98. The van der Waals surface area contributed by atoms with Gasteiger partial charge in [0.2, 0.25) is 11.8 Å². The minimum Gasteiger partial charge on any atom is -0.405 e. The second kappa shape index (κ2) is 5.44. The van der Waals surface area contributed by atoms with E-state index in [0.29, 0.717) is 38.8 Å². The first-order valence-electron chi connectivity index (χ1n) is 6.55. The molecular formula is C13H18N4O3. The molecule has 0 bridgehead atoms. The molecule has 0 radical (unpaired) electrons. The lowest BCUT2D eigenvalue weighted by molar-refractivity contribution is -0.140. The highest BCUT2D eigenvalue weighted by atomic mass is 16.2. The van der Waals surface area contributed by atoms with E-state index >= 15 is 0 Å². The fourth-order valence-electron chi connectivity index (χ4n) is 2.86. The van der Waals surface area contributed by atoms with E-state index < -0.39 is 0 Å². The van der Waals surface area contributed by atoms with E-state index in [1.807, 2.05) is 0 Å². The van der Waals surface area contributed by atoms with Gasteiger partial charge in [-0.15, -0.1) is 0 Å². The van der Waals surface area contributed by atoms with E-state index in [1.54, 1.807) is 4.90 Å². The number of hydrogen-bond donors (Lipinski definition) is 3. The Kier molecular flexibility index (Phi) is 3.87. The lowest BCUT2D eigenvalue weighted by Gasteiger charge is -2.42. The lowest BCUT2D eigenvalue weighted by atomic mass is 9.71. The Bertz CT molecular complexity index is 472. The summed E-state index contributed by atoms with van der Waals surface area (Å²) in [6.45, 7) is 0.917. The molecule has 0 aromatic rings. The molecular weight excluding hydrogens is 260 g/mol. The van der Waals surface area contributed by atoms with Gasteiger partial charge in [0.05, 0.1) is 0 Å². The third kappa shape index (κ3) is 2.87. The number of hydrogen-bond acceptors (Lipinski definition) is 5. The molecule has 2 rings (SSSR count). The molecule has 4 N–H and O–H groups in total. The number of amides is 3. The molecule has 1 spiro atoms. The van der Waals surface area contributed by atoms with Crippen molar-refractivity contribution in [3.05, 3.63) is 12.3 Å². The van der Waals surface area contributed by atoms with E-state index in [0.717, 1.165) is 6.20 Å². The lowest BCUT2D eigenvalue weighted by Crippen LogP contribution is -2.51. The molecule has 108 valence electrons. The first kappa shape index (κ1) is 14.2. The van der Waals surface area contributed by atoms with Crippen LogP contribution in [0.2, 0.25) is 0 Å². The largest absolute Gasteiger partial charge is 0.405 e. The minimum absolute atomic E-state index is 0.152. The highest BCUT2D eigenvalue weighted by Crippen LogP contribution is 2.40. The molecule has 2 aliphatic rings. The Labute approximate surface area is 116 Å². The minimum atomic E-state index is -0.367. The number of imide groups is 1. The third-order valence-electron chi connectivity index (χ3n) is 3.95. The number of carbonyl (C=O) groups excluding carboxylic acids is 3. The molecule has 0 aromatic heterocycles. The fraction of sp³-hybridized carbons (Fsp3) is 0.538. The monoisotopic (exact) mass is 278 g/mol. The maximum Gasteiger partial charge on any atom is 0.271 e. The summed E-state index contributed by atoms with van der Waals surface area (Å²) >= 11 is 0. The number of nitrogens with zero attached hydrogens (tertiary/aromatic N) is 1. The van der Waals surface area contributed by atoms with Crippen LogP contribution in [0.15, 0.2) is 12.3 Å². The van der Waals surface area contributed by atoms with Crippen molar-refractivity contribution in [3.63, 3.8) is 0 Å². The number of piperidine rings is 2. The van der Waals surface area contributed by atoms with Crippen molar-refractivity contribution in [2.24, 2.45) is 11.1 Å². The summed E-state index contributed by atoms with van der Waals surface area (Å²) in [5.41, 5.74) is 4.70. The second-order valence-corrected chi connectivity index (χ2v) is 5.39. The molecule has 2 aliphatic heterocycles.